The van der Waals surface area contributed by atoms with E-state index in [1.165, 1.54) is 0 Å². The number of nitrogens with two attached hydrogens (primary N) is 1. The number of aryl methyl sites for hydroxylation is 1. The van der Waals surface area contributed by atoms with Crippen molar-refractivity contribution in [1.82, 2.24) is 5.32 Å². The third-order valence-corrected chi connectivity index (χ3v) is 3.88. The highest BCUT2D eigenvalue weighted by Crippen LogP contribution is 2.28. The Kier molecular flexibility index (Phi) is 4.10. The van der Waals surface area contributed by atoms with Gasteiger partial charge in [0.05, 0.1) is 0 Å². The first kappa shape index (κ1) is 13.9. The summed E-state index contributed by atoms with van der Waals surface area (Å²) in [7, 11) is 0. The first-order valence-corrected chi connectivity index (χ1v) is 6.72. The predicted molar refractivity (Wildman–Crippen MR) is 76.1 cm³/mol. The lowest BCUT2D eigenvalue weighted by Gasteiger charge is -2.33. The van der Waals surface area contributed by atoms with Crippen molar-refractivity contribution in [3.63, 3.8) is 0 Å². The highest BCUT2D eigenvalue weighted by Gasteiger charge is 2.28. The smallest absolute Gasteiger partial charge is 0.251 e. The van der Waals surface area contributed by atoms with Crippen LogP contribution in [0.15, 0.2) is 18.2 Å². The van der Waals surface area contributed by atoms with Crippen molar-refractivity contribution >= 4 is 11.6 Å². The molecule has 0 atom stereocenters. The van der Waals surface area contributed by atoms with E-state index in [0.717, 1.165) is 31.6 Å². The van der Waals surface area contributed by atoms with Gasteiger partial charge in [-0.2, -0.15) is 0 Å². The summed E-state index contributed by atoms with van der Waals surface area (Å²) < 4.78 is 5.36. The monoisotopic (exact) mass is 262 g/mol. The number of nitrogen functional groups attached to an aromatic ring is 1. The van der Waals surface area contributed by atoms with E-state index in [1.807, 2.05) is 19.1 Å². The van der Waals surface area contributed by atoms with Crippen LogP contribution in [0.5, 0.6) is 0 Å². The molecule has 19 heavy (non-hydrogen) atoms. The maximum atomic E-state index is 12.2. The number of hydrogen-bond donors (Lipinski definition) is 2. The van der Waals surface area contributed by atoms with Gasteiger partial charge in [-0.15, -0.1) is 0 Å². The number of nitrogens with one attached hydrogen (secondary N) is 1. The Morgan fingerprint density at radius 2 is 2.11 bits per heavy atom. The molecule has 0 spiro atoms. The fraction of sp³-hybridized carbons (Fsp3) is 0.533. The van der Waals surface area contributed by atoms with Gasteiger partial charge in [0.15, 0.2) is 0 Å². The fourth-order valence-corrected chi connectivity index (χ4v) is 2.31. The molecule has 0 bridgehead atoms. The van der Waals surface area contributed by atoms with Crippen LogP contribution in [0.25, 0.3) is 0 Å². The van der Waals surface area contributed by atoms with Gasteiger partial charge in [-0.25, -0.2) is 0 Å². The summed E-state index contributed by atoms with van der Waals surface area (Å²) in [5.41, 5.74) is 8.10. The van der Waals surface area contributed by atoms with E-state index in [9.17, 15) is 4.79 Å². The number of ether oxygens (including phenoxy) is 1. The molecule has 0 radical (unpaired) electrons. The van der Waals surface area contributed by atoms with E-state index in [-0.39, 0.29) is 11.3 Å². The van der Waals surface area contributed by atoms with Gasteiger partial charge in [-0.05, 0) is 42.9 Å². The van der Waals surface area contributed by atoms with Gasteiger partial charge >= 0.3 is 0 Å². The number of carbonyl (C=O) groups is 1. The zero-order valence-electron chi connectivity index (χ0n) is 11.7. The largest absolute Gasteiger partial charge is 0.399 e. The van der Waals surface area contributed by atoms with Crippen LogP contribution >= 0.6 is 0 Å². The second-order valence-corrected chi connectivity index (χ2v) is 5.68. The minimum atomic E-state index is -0.0440. The van der Waals surface area contributed by atoms with E-state index in [2.05, 4.69) is 12.2 Å². The van der Waals surface area contributed by atoms with Gasteiger partial charge in [-0.3, -0.25) is 4.79 Å². The highest BCUT2D eigenvalue weighted by atomic mass is 16.5. The van der Waals surface area contributed by atoms with Crippen LogP contribution in [0, 0.1) is 12.3 Å². The fourth-order valence-electron chi connectivity index (χ4n) is 2.31. The van der Waals surface area contributed by atoms with E-state index < -0.39 is 0 Å². The quantitative estimate of drug-likeness (QED) is 0.820. The van der Waals surface area contributed by atoms with Gasteiger partial charge in [0.25, 0.3) is 5.91 Å². The van der Waals surface area contributed by atoms with Crippen molar-refractivity contribution < 1.29 is 9.53 Å². The Balaban J connectivity index is 1.99. The molecule has 0 aromatic heterocycles. The van der Waals surface area contributed by atoms with E-state index in [0.29, 0.717) is 17.8 Å². The lowest BCUT2D eigenvalue weighted by molar-refractivity contribution is 0.0238. The molecule has 1 amide bonds. The average Bonchev–Trinajstić information content (AvgIpc) is 2.40. The number of carbonyl (C=O) groups excluding carboxylic acids is 1. The van der Waals surface area contributed by atoms with Crippen LogP contribution in [0.3, 0.4) is 0 Å². The number of amides is 1. The molecule has 1 aliphatic rings. The summed E-state index contributed by atoms with van der Waals surface area (Å²) in [6.45, 7) is 6.36. The molecule has 1 aromatic rings. The summed E-state index contributed by atoms with van der Waals surface area (Å²) in [6.07, 6.45) is 1.98. The topological polar surface area (TPSA) is 64.4 Å². The maximum Gasteiger partial charge on any atom is 0.251 e. The van der Waals surface area contributed by atoms with Crippen LogP contribution < -0.4 is 11.1 Å². The van der Waals surface area contributed by atoms with E-state index in [1.54, 1.807) is 6.07 Å². The molecule has 0 unspecified atom stereocenters. The Morgan fingerprint density at radius 3 is 2.79 bits per heavy atom. The van der Waals surface area contributed by atoms with Gasteiger partial charge < -0.3 is 15.8 Å². The van der Waals surface area contributed by atoms with Gasteiger partial charge in [0, 0.05) is 31.0 Å². The van der Waals surface area contributed by atoms with Crippen molar-refractivity contribution in [2.45, 2.75) is 26.7 Å². The predicted octanol–water partition coefficient (Wildman–Crippen LogP) is 2.12. The first-order valence-electron chi connectivity index (χ1n) is 6.72. The average molecular weight is 262 g/mol. The van der Waals surface area contributed by atoms with Crippen molar-refractivity contribution in [3.05, 3.63) is 29.3 Å². The molecule has 1 heterocycles. The number of hydrogen-bond acceptors (Lipinski definition) is 3. The first-order chi connectivity index (χ1) is 9.00. The standard InChI is InChI=1S/C15H22N2O2/c1-11-3-4-12(16)9-13(11)14(18)17-10-15(2)5-7-19-8-6-15/h3-4,9H,5-8,10,16H2,1-2H3,(H,17,18). The molecule has 104 valence electrons. The summed E-state index contributed by atoms with van der Waals surface area (Å²) in [5.74, 6) is -0.0440. The lowest BCUT2D eigenvalue weighted by atomic mass is 9.82. The van der Waals surface area contributed by atoms with Crippen molar-refractivity contribution in [2.75, 3.05) is 25.5 Å². The van der Waals surface area contributed by atoms with Gasteiger partial charge in [0.2, 0.25) is 0 Å². The molecular weight excluding hydrogens is 240 g/mol. The van der Waals surface area contributed by atoms with Gasteiger partial charge in [-0.1, -0.05) is 13.0 Å². The second-order valence-electron chi connectivity index (χ2n) is 5.68. The zero-order chi connectivity index (χ0) is 13.9. The lowest BCUT2D eigenvalue weighted by Crippen LogP contribution is -2.39. The minimum absolute atomic E-state index is 0.0440. The maximum absolute atomic E-state index is 12.2. The number of rotatable bonds is 3. The number of anilines is 1. The Morgan fingerprint density at radius 1 is 1.42 bits per heavy atom. The van der Waals surface area contributed by atoms with Crippen molar-refractivity contribution in [1.29, 1.82) is 0 Å². The molecule has 0 aliphatic carbocycles. The normalized spacial score (nSPS) is 18.0. The molecular formula is C15H22N2O2. The van der Waals surface area contributed by atoms with Crippen LogP contribution in [0.2, 0.25) is 0 Å². The van der Waals surface area contributed by atoms with Crippen LogP contribution in [0.1, 0.15) is 35.7 Å². The zero-order valence-corrected chi connectivity index (χ0v) is 11.7. The third-order valence-electron chi connectivity index (χ3n) is 3.88. The molecule has 1 fully saturated rings. The van der Waals surface area contributed by atoms with Crippen LogP contribution in [0.4, 0.5) is 5.69 Å². The second kappa shape index (κ2) is 5.61. The Hall–Kier alpha value is -1.55. The van der Waals surface area contributed by atoms with Crippen molar-refractivity contribution in [3.8, 4) is 0 Å². The SMILES string of the molecule is Cc1ccc(N)cc1C(=O)NCC1(C)CCOCC1. The highest BCUT2D eigenvalue weighted by molar-refractivity contribution is 5.96. The summed E-state index contributed by atoms with van der Waals surface area (Å²) >= 11 is 0. The molecule has 2 rings (SSSR count). The Labute approximate surface area is 114 Å². The molecule has 0 saturated carbocycles. The summed E-state index contributed by atoms with van der Waals surface area (Å²) in [4.78, 5) is 12.2. The number of benzene rings is 1. The molecule has 1 saturated heterocycles. The molecule has 4 heteroatoms. The van der Waals surface area contributed by atoms with Gasteiger partial charge in [0.1, 0.15) is 0 Å². The van der Waals surface area contributed by atoms with E-state index in [4.69, 9.17) is 10.5 Å². The molecule has 4 nitrogen and oxygen atoms in total. The summed E-state index contributed by atoms with van der Waals surface area (Å²) in [5, 5.41) is 3.03. The molecule has 1 aliphatic heterocycles. The molecule has 1 aromatic carbocycles. The van der Waals surface area contributed by atoms with Crippen LogP contribution in [-0.2, 0) is 4.74 Å². The van der Waals surface area contributed by atoms with E-state index >= 15 is 0 Å². The summed E-state index contributed by atoms with van der Waals surface area (Å²) in [6, 6.07) is 5.42. The van der Waals surface area contributed by atoms with Crippen LogP contribution in [-0.4, -0.2) is 25.7 Å². The minimum Gasteiger partial charge on any atom is -0.399 e. The third kappa shape index (κ3) is 3.47. The Bertz CT molecular complexity index is 465. The molecule has 3 N–H and O–H groups in total. The van der Waals surface area contributed by atoms with Crippen molar-refractivity contribution in [2.24, 2.45) is 5.41 Å².